The van der Waals surface area contributed by atoms with Crippen LogP contribution in [0.3, 0.4) is 0 Å². The molecule has 1 aliphatic rings. The third-order valence-electron chi connectivity index (χ3n) is 3.07. The zero-order valence-electron chi connectivity index (χ0n) is 7.88. The molecule has 0 heterocycles. The van der Waals surface area contributed by atoms with Crippen molar-refractivity contribution >= 4 is 0 Å². The number of hydrogen-bond donors (Lipinski definition) is 1. The van der Waals surface area contributed by atoms with E-state index in [0.717, 1.165) is 0 Å². The minimum Gasteiger partial charge on any atom is -0.393 e. The van der Waals surface area contributed by atoms with Crippen molar-refractivity contribution in [3.63, 3.8) is 0 Å². The molecule has 0 amide bonds. The Morgan fingerprint density at radius 1 is 1.27 bits per heavy atom. The molecule has 11 heavy (non-hydrogen) atoms. The predicted octanol–water partition coefficient (Wildman–Crippen LogP) is 2.44. The number of aliphatic hydroxyl groups excluding tert-OH is 1. The Balaban J connectivity index is 2.51. The van der Waals surface area contributed by atoms with Crippen molar-refractivity contribution in [3.8, 4) is 0 Å². The van der Waals surface area contributed by atoms with Gasteiger partial charge >= 0.3 is 0 Å². The third-order valence-corrected chi connectivity index (χ3v) is 3.07. The van der Waals surface area contributed by atoms with Gasteiger partial charge in [0.15, 0.2) is 0 Å². The smallest absolute Gasteiger partial charge is 0.0596 e. The maximum Gasteiger partial charge on any atom is 0.0596 e. The SMILES string of the molecule is CC(C)C1CCCC(C)C1O. The van der Waals surface area contributed by atoms with Crippen LogP contribution in [0.15, 0.2) is 0 Å². The van der Waals surface area contributed by atoms with Gasteiger partial charge in [-0.1, -0.05) is 27.2 Å². The standard InChI is InChI=1S/C10H20O/c1-7(2)9-6-4-5-8(3)10(9)11/h7-11H,4-6H2,1-3H3. The van der Waals surface area contributed by atoms with Gasteiger partial charge in [-0.3, -0.25) is 0 Å². The highest BCUT2D eigenvalue weighted by Gasteiger charge is 2.30. The second-order valence-corrected chi connectivity index (χ2v) is 4.31. The van der Waals surface area contributed by atoms with E-state index in [1.807, 2.05) is 0 Å². The summed E-state index contributed by atoms with van der Waals surface area (Å²) in [5.41, 5.74) is 0. The second-order valence-electron chi connectivity index (χ2n) is 4.31. The zero-order valence-corrected chi connectivity index (χ0v) is 7.88. The van der Waals surface area contributed by atoms with Crippen LogP contribution in [0.4, 0.5) is 0 Å². The topological polar surface area (TPSA) is 20.2 Å². The summed E-state index contributed by atoms with van der Waals surface area (Å²) < 4.78 is 0. The van der Waals surface area contributed by atoms with Gasteiger partial charge in [-0.25, -0.2) is 0 Å². The molecule has 1 fully saturated rings. The highest BCUT2D eigenvalue weighted by Crippen LogP contribution is 2.33. The first-order chi connectivity index (χ1) is 5.13. The van der Waals surface area contributed by atoms with Crippen LogP contribution in [0.1, 0.15) is 40.0 Å². The van der Waals surface area contributed by atoms with Crippen LogP contribution < -0.4 is 0 Å². The predicted molar refractivity (Wildman–Crippen MR) is 47.3 cm³/mol. The molecule has 3 unspecified atom stereocenters. The van der Waals surface area contributed by atoms with Gasteiger partial charge in [0.25, 0.3) is 0 Å². The lowest BCUT2D eigenvalue weighted by atomic mass is 9.74. The lowest BCUT2D eigenvalue weighted by Gasteiger charge is -2.35. The summed E-state index contributed by atoms with van der Waals surface area (Å²) in [5, 5.41) is 9.81. The van der Waals surface area contributed by atoms with Crippen molar-refractivity contribution in [2.45, 2.75) is 46.1 Å². The molecule has 0 aliphatic heterocycles. The fourth-order valence-electron chi connectivity index (χ4n) is 2.17. The van der Waals surface area contributed by atoms with E-state index in [-0.39, 0.29) is 6.10 Å². The molecule has 0 aromatic heterocycles. The highest BCUT2D eigenvalue weighted by molar-refractivity contribution is 4.80. The highest BCUT2D eigenvalue weighted by atomic mass is 16.3. The summed E-state index contributed by atoms with van der Waals surface area (Å²) in [6.07, 6.45) is 3.71. The van der Waals surface area contributed by atoms with E-state index in [1.54, 1.807) is 0 Å². The van der Waals surface area contributed by atoms with Crippen molar-refractivity contribution in [3.05, 3.63) is 0 Å². The molecule has 1 N–H and O–H groups in total. The molecule has 3 atom stereocenters. The van der Waals surface area contributed by atoms with Crippen LogP contribution >= 0.6 is 0 Å². The fourth-order valence-corrected chi connectivity index (χ4v) is 2.17. The van der Waals surface area contributed by atoms with Gasteiger partial charge in [0.2, 0.25) is 0 Å². The molecule has 0 aromatic carbocycles. The Morgan fingerprint density at radius 2 is 1.91 bits per heavy atom. The zero-order chi connectivity index (χ0) is 8.43. The van der Waals surface area contributed by atoms with E-state index in [0.29, 0.717) is 17.8 Å². The van der Waals surface area contributed by atoms with Gasteiger partial charge in [0, 0.05) is 0 Å². The maximum atomic E-state index is 9.81. The van der Waals surface area contributed by atoms with E-state index >= 15 is 0 Å². The molecular formula is C10H20O. The summed E-state index contributed by atoms with van der Waals surface area (Å²) in [6, 6.07) is 0. The van der Waals surface area contributed by atoms with Crippen LogP contribution in [0.25, 0.3) is 0 Å². The molecule has 0 aromatic rings. The van der Waals surface area contributed by atoms with Gasteiger partial charge < -0.3 is 5.11 Å². The number of hydrogen-bond acceptors (Lipinski definition) is 1. The average molecular weight is 156 g/mol. The van der Waals surface area contributed by atoms with Crippen LogP contribution in [0, 0.1) is 17.8 Å². The molecule has 0 radical (unpaired) electrons. The second kappa shape index (κ2) is 3.57. The monoisotopic (exact) mass is 156 g/mol. The summed E-state index contributed by atoms with van der Waals surface area (Å²) in [5.74, 6) is 1.72. The molecule has 1 rings (SSSR count). The van der Waals surface area contributed by atoms with Crippen LogP contribution in [0.2, 0.25) is 0 Å². The lowest BCUT2D eigenvalue weighted by Crippen LogP contribution is -2.34. The van der Waals surface area contributed by atoms with Crippen molar-refractivity contribution < 1.29 is 5.11 Å². The fraction of sp³-hybridized carbons (Fsp3) is 1.00. The van der Waals surface area contributed by atoms with Gasteiger partial charge in [-0.05, 0) is 30.6 Å². The minimum absolute atomic E-state index is 0.0382. The molecular weight excluding hydrogens is 136 g/mol. The maximum absolute atomic E-state index is 9.81. The molecule has 0 saturated heterocycles. The minimum atomic E-state index is -0.0382. The Bertz CT molecular complexity index is 120. The molecule has 1 heteroatoms. The van der Waals surface area contributed by atoms with Crippen molar-refractivity contribution in [1.29, 1.82) is 0 Å². The van der Waals surface area contributed by atoms with Gasteiger partial charge in [0.05, 0.1) is 6.10 Å². The van der Waals surface area contributed by atoms with E-state index in [4.69, 9.17) is 0 Å². The Kier molecular flexibility index (Phi) is 2.94. The first-order valence-corrected chi connectivity index (χ1v) is 4.81. The summed E-state index contributed by atoms with van der Waals surface area (Å²) >= 11 is 0. The van der Waals surface area contributed by atoms with Crippen molar-refractivity contribution in [2.24, 2.45) is 17.8 Å². The molecule has 1 aliphatic carbocycles. The van der Waals surface area contributed by atoms with E-state index in [9.17, 15) is 5.11 Å². The Hall–Kier alpha value is -0.0400. The summed E-state index contributed by atoms with van der Waals surface area (Å²) in [6.45, 7) is 6.59. The van der Waals surface area contributed by atoms with Crippen molar-refractivity contribution in [1.82, 2.24) is 0 Å². The quantitative estimate of drug-likeness (QED) is 0.618. The first kappa shape index (κ1) is 9.05. The molecule has 66 valence electrons. The Labute approximate surface area is 69.8 Å². The van der Waals surface area contributed by atoms with Crippen LogP contribution in [-0.4, -0.2) is 11.2 Å². The normalized spacial score (nSPS) is 39.5. The van der Waals surface area contributed by atoms with E-state index in [1.165, 1.54) is 19.3 Å². The number of rotatable bonds is 1. The van der Waals surface area contributed by atoms with Gasteiger partial charge in [-0.15, -0.1) is 0 Å². The Morgan fingerprint density at radius 3 is 2.36 bits per heavy atom. The van der Waals surface area contributed by atoms with Gasteiger partial charge in [-0.2, -0.15) is 0 Å². The van der Waals surface area contributed by atoms with Gasteiger partial charge in [0.1, 0.15) is 0 Å². The van der Waals surface area contributed by atoms with E-state index < -0.39 is 0 Å². The van der Waals surface area contributed by atoms with Crippen molar-refractivity contribution in [2.75, 3.05) is 0 Å². The van der Waals surface area contributed by atoms with Crippen LogP contribution in [-0.2, 0) is 0 Å². The van der Waals surface area contributed by atoms with E-state index in [2.05, 4.69) is 20.8 Å². The molecule has 1 nitrogen and oxygen atoms in total. The molecule has 0 spiro atoms. The molecule has 0 bridgehead atoms. The van der Waals surface area contributed by atoms with Crippen LogP contribution in [0.5, 0.6) is 0 Å². The summed E-state index contributed by atoms with van der Waals surface area (Å²) in [7, 11) is 0. The third kappa shape index (κ3) is 1.96. The lowest BCUT2D eigenvalue weighted by molar-refractivity contribution is 0.00481. The number of aliphatic hydroxyl groups is 1. The average Bonchev–Trinajstić information content (AvgIpc) is 1.94. The molecule has 1 saturated carbocycles. The summed E-state index contributed by atoms with van der Waals surface area (Å²) in [4.78, 5) is 0. The largest absolute Gasteiger partial charge is 0.393 e. The first-order valence-electron chi connectivity index (χ1n) is 4.81.